The molecule has 1 atom stereocenters. The van der Waals surface area contributed by atoms with E-state index in [2.05, 4.69) is 0 Å². The van der Waals surface area contributed by atoms with Gasteiger partial charge in [0.25, 0.3) is 0 Å². The van der Waals surface area contributed by atoms with E-state index in [4.69, 9.17) is 0 Å². The Bertz CT molecular complexity index is 440. The van der Waals surface area contributed by atoms with Crippen molar-refractivity contribution in [1.29, 1.82) is 0 Å². The number of amides is 2. The molecule has 20 heavy (non-hydrogen) atoms. The fourth-order valence-electron chi connectivity index (χ4n) is 3.27. The molecular weight excluding hydrogens is 260 g/mol. The van der Waals surface area contributed by atoms with Gasteiger partial charge in [-0.15, -0.1) is 0 Å². The minimum atomic E-state index is -0.953. The first-order chi connectivity index (χ1) is 9.32. The van der Waals surface area contributed by atoms with Crippen molar-refractivity contribution < 1.29 is 19.5 Å². The summed E-state index contributed by atoms with van der Waals surface area (Å²) in [6.07, 6.45) is 1.09. The molecule has 2 rings (SSSR count). The molecule has 0 aromatic rings. The van der Waals surface area contributed by atoms with Gasteiger partial charge < -0.3 is 14.9 Å². The summed E-state index contributed by atoms with van der Waals surface area (Å²) in [6, 6.07) is -0.766. The molecule has 6 heteroatoms. The predicted octanol–water partition coefficient (Wildman–Crippen LogP) is 0.566. The number of carboxylic acid groups (broad SMARTS) is 1. The van der Waals surface area contributed by atoms with Gasteiger partial charge in [-0.2, -0.15) is 0 Å². The first kappa shape index (κ1) is 14.8. The van der Waals surface area contributed by atoms with Crippen LogP contribution in [0.25, 0.3) is 0 Å². The third kappa shape index (κ3) is 2.17. The van der Waals surface area contributed by atoms with Gasteiger partial charge in [-0.05, 0) is 12.3 Å². The number of hydrogen-bond donors (Lipinski definition) is 1. The van der Waals surface area contributed by atoms with E-state index in [1.54, 1.807) is 11.8 Å². The van der Waals surface area contributed by atoms with Gasteiger partial charge in [-0.3, -0.25) is 9.59 Å². The highest BCUT2D eigenvalue weighted by molar-refractivity contribution is 5.92. The number of likely N-dealkylation sites (tertiary alicyclic amines) is 2. The molecule has 2 saturated heterocycles. The van der Waals surface area contributed by atoms with Gasteiger partial charge in [0.05, 0.1) is 5.41 Å². The van der Waals surface area contributed by atoms with E-state index >= 15 is 0 Å². The second-order valence-electron chi connectivity index (χ2n) is 6.16. The van der Waals surface area contributed by atoms with Gasteiger partial charge in [-0.1, -0.05) is 20.8 Å². The van der Waals surface area contributed by atoms with Gasteiger partial charge in [0.2, 0.25) is 11.8 Å². The number of hydrogen-bond acceptors (Lipinski definition) is 3. The molecule has 2 heterocycles. The summed E-state index contributed by atoms with van der Waals surface area (Å²) in [5.41, 5.74) is -0.520. The molecule has 0 bridgehead atoms. The average molecular weight is 282 g/mol. The molecule has 0 radical (unpaired) electrons. The molecule has 1 unspecified atom stereocenters. The van der Waals surface area contributed by atoms with Gasteiger partial charge >= 0.3 is 5.97 Å². The molecule has 0 aromatic carbocycles. The third-order valence-electron chi connectivity index (χ3n) is 4.41. The van der Waals surface area contributed by atoms with E-state index in [0.717, 1.165) is 0 Å². The number of nitrogens with zero attached hydrogens (tertiary/aromatic N) is 2. The fraction of sp³-hybridized carbons (Fsp3) is 0.786. The van der Waals surface area contributed by atoms with E-state index in [1.807, 2.05) is 13.8 Å². The first-order valence-electron chi connectivity index (χ1n) is 7.14. The van der Waals surface area contributed by atoms with Crippen LogP contribution in [0.3, 0.4) is 0 Å². The van der Waals surface area contributed by atoms with Crippen LogP contribution >= 0.6 is 0 Å². The van der Waals surface area contributed by atoms with Gasteiger partial charge in [0.15, 0.2) is 0 Å². The lowest BCUT2D eigenvalue weighted by Gasteiger charge is -2.46. The van der Waals surface area contributed by atoms with Gasteiger partial charge in [0.1, 0.15) is 6.04 Å². The van der Waals surface area contributed by atoms with Crippen molar-refractivity contribution in [2.75, 3.05) is 19.6 Å². The van der Waals surface area contributed by atoms with Crippen LogP contribution in [-0.2, 0) is 14.4 Å². The van der Waals surface area contributed by atoms with E-state index in [9.17, 15) is 19.5 Å². The Hall–Kier alpha value is -1.59. The Morgan fingerprint density at radius 3 is 2.40 bits per heavy atom. The molecule has 2 aliphatic heterocycles. The lowest BCUT2D eigenvalue weighted by Crippen LogP contribution is -2.62. The summed E-state index contributed by atoms with van der Waals surface area (Å²) in [5, 5.41) is 9.30. The van der Waals surface area contributed by atoms with Crippen LogP contribution < -0.4 is 0 Å². The Kier molecular flexibility index (Phi) is 3.75. The summed E-state index contributed by atoms with van der Waals surface area (Å²) in [4.78, 5) is 38.6. The normalized spacial score (nSPS) is 22.3. The monoisotopic (exact) mass is 282 g/mol. The molecular formula is C14H22N2O4. The Labute approximate surface area is 118 Å². The van der Waals surface area contributed by atoms with Crippen molar-refractivity contribution in [2.45, 2.75) is 39.7 Å². The van der Waals surface area contributed by atoms with Crippen LogP contribution in [0.2, 0.25) is 0 Å². The van der Waals surface area contributed by atoms with Crippen molar-refractivity contribution in [2.24, 2.45) is 11.3 Å². The quantitative estimate of drug-likeness (QED) is 0.817. The van der Waals surface area contributed by atoms with Crippen LogP contribution in [0.4, 0.5) is 0 Å². The molecule has 1 spiro atoms. The number of carboxylic acids is 1. The topological polar surface area (TPSA) is 77.9 Å². The first-order valence-corrected chi connectivity index (χ1v) is 7.14. The van der Waals surface area contributed by atoms with Gasteiger partial charge in [-0.25, -0.2) is 4.79 Å². The van der Waals surface area contributed by atoms with Crippen LogP contribution in [0.15, 0.2) is 0 Å². The SMILES string of the molecule is CCC(=O)N1CC2(CCN(C(C(=O)O)C(C)C)C2=O)C1. The van der Waals surface area contributed by atoms with Crippen LogP contribution in [-0.4, -0.2) is 58.4 Å². The second kappa shape index (κ2) is 5.07. The number of carbonyl (C=O) groups excluding carboxylic acids is 2. The number of rotatable bonds is 4. The highest BCUT2D eigenvalue weighted by atomic mass is 16.4. The maximum absolute atomic E-state index is 12.5. The van der Waals surface area contributed by atoms with E-state index in [-0.39, 0.29) is 17.7 Å². The highest BCUT2D eigenvalue weighted by Gasteiger charge is 2.57. The zero-order valence-corrected chi connectivity index (χ0v) is 12.3. The molecule has 0 saturated carbocycles. The fourth-order valence-corrected chi connectivity index (χ4v) is 3.27. The molecule has 2 fully saturated rings. The van der Waals surface area contributed by atoms with Gasteiger partial charge in [0, 0.05) is 26.1 Å². The zero-order valence-electron chi connectivity index (χ0n) is 12.3. The van der Waals surface area contributed by atoms with Crippen molar-refractivity contribution in [3.8, 4) is 0 Å². The maximum Gasteiger partial charge on any atom is 0.326 e. The van der Waals surface area contributed by atoms with Crippen molar-refractivity contribution >= 4 is 17.8 Å². The van der Waals surface area contributed by atoms with E-state index < -0.39 is 17.4 Å². The van der Waals surface area contributed by atoms with E-state index in [1.165, 1.54) is 4.90 Å². The second-order valence-corrected chi connectivity index (χ2v) is 6.16. The minimum absolute atomic E-state index is 0.0560. The van der Waals surface area contributed by atoms with Crippen LogP contribution in [0.1, 0.15) is 33.6 Å². The average Bonchev–Trinajstić information content (AvgIpc) is 2.64. The maximum atomic E-state index is 12.5. The van der Waals surface area contributed by atoms with Crippen molar-refractivity contribution in [1.82, 2.24) is 9.80 Å². The van der Waals surface area contributed by atoms with E-state index in [0.29, 0.717) is 32.5 Å². The molecule has 0 aliphatic carbocycles. The lowest BCUT2D eigenvalue weighted by molar-refractivity contribution is -0.160. The largest absolute Gasteiger partial charge is 0.480 e. The molecule has 112 valence electrons. The molecule has 2 aliphatic rings. The van der Waals surface area contributed by atoms with Crippen molar-refractivity contribution in [3.05, 3.63) is 0 Å². The van der Waals surface area contributed by atoms with Crippen molar-refractivity contribution in [3.63, 3.8) is 0 Å². The number of aliphatic carboxylic acids is 1. The summed E-state index contributed by atoms with van der Waals surface area (Å²) in [6.45, 7) is 6.78. The number of carbonyl (C=O) groups is 3. The Balaban J connectivity index is 2.08. The van der Waals surface area contributed by atoms with Crippen LogP contribution in [0.5, 0.6) is 0 Å². The highest BCUT2D eigenvalue weighted by Crippen LogP contribution is 2.42. The zero-order chi connectivity index (χ0) is 15.1. The predicted molar refractivity (Wildman–Crippen MR) is 71.9 cm³/mol. The molecule has 1 N–H and O–H groups in total. The summed E-state index contributed by atoms with van der Waals surface area (Å²) >= 11 is 0. The smallest absolute Gasteiger partial charge is 0.326 e. The summed E-state index contributed by atoms with van der Waals surface area (Å²) in [7, 11) is 0. The minimum Gasteiger partial charge on any atom is -0.480 e. The molecule has 6 nitrogen and oxygen atoms in total. The van der Waals surface area contributed by atoms with Crippen LogP contribution in [0, 0.1) is 11.3 Å². The molecule has 0 aromatic heterocycles. The lowest BCUT2D eigenvalue weighted by atomic mass is 9.78. The third-order valence-corrected chi connectivity index (χ3v) is 4.41. The standard InChI is InChI=1S/C14H22N2O4/c1-4-10(17)15-7-14(8-15)5-6-16(13(14)20)11(9(2)3)12(18)19/h9,11H,4-8H2,1-3H3,(H,18,19). The molecule has 2 amide bonds. The summed E-state index contributed by atoms with van der Waals surface area (Å²) < 4.78 is 0. The summed E-state index contributed by atoms with van der Waals surface area (Å²) in [5.74, 6) is -1.12. The Morgan fingerprint density at radius 2 is 1.95 bits per heavy atom. The Morgan fingerprint density at radius 1 is 1.35 bits per heavy atom.